The van der Waals surface area contributed by atoms with Gasteiger partial charge in [0, 0.05) is 26.6 Å². The van der Waals surface area contributed by atoms with E-state index in [2.05, 4.69) is 10.2 Å². The minimum Gasteiger partial charge on any atom is -0.494 e. The molecule has 0 aromatic heterocycles. The van der Waals surface area contributed by atoms with E-state index in [1.807, 2.05) is 0 Å². The number of hydrogen-bond acceptors (Lipinski definition) is 4. The fraction of sp³-hybridized carbons (Fsp3) is 0.562. The second kappa shape index (κ2) is 7.56. The van der Waals surface area contributed by atoms with Crippen LogP contribution < -0.4 is 10.1 Å². The largest absolute Gasteiger partial charge is 0.494 e. The molecule has 22 heavy (non-hydrogen) atoms. The van der Waals surface area contributed by atoms with Gasteiger partial charge in [0.05, 0.1) is 19.3 Å². The Bertz CT molecular complexity index is 524. The highest BCUT2D eigenvalue weighted by atomic mass is 19.1. The third-order valence-corrected chi connectivity index (χ3v) is 3.97. The van der Waals surface area contributed by atoms with Crippen molar-refractivity contribution >= 4 is 5.91 Å². The number of carbonyl (C=O) groups is 1. The number of aliphatic hydroxyl groups excluding tert-OH is 1. The molecular weight excluding hydrogens is 287 g/mol. The van der Waals surface area contributed by atoms with E-state index in [-0.39, 0.29) is 23.5 Å². The number of aliphatic hydroxyl groups is 1. The summed E-state index contributed by atoms with van der Waals surface area (Å²) in [5, 5.41) is 12.9. The Labute approximate surface area is 130 Å². The molecule has 0 aliphatic carbocycles. The van der Waals surface area contributed by atoms with Crippen molar-refractivity contribution in [1.82, 2.24) is 10.2 Å². The number of benzene rings is 1. The first-order valence-corrected chi connectivity index (χ1v) is 7.49. The fourth-order valence-electron chi connectivity index (χ4n) is 2.79. The molecule has 5 nitrogen and oxygen atoms in total. The lowest BCUT2D eigenvalue weighted by atomic mass is 10.1. The Hall–Kier alpha value is -1.66. The molecule has 122 valence electrons. The van der Waals surface area contributed by atoms with Crippen LogP contribution in [0.1, 0.15) is 25.3 Å². The maximum Gasteiger partial charge on any atom is 0.217 e. The van der Waals surface area contributed by atoms with Gasteiger partial charge in [0.15, 0.2) is 11.6 Å². The Morgan fingerprint density at radius 2 is 2.18 bits per heavy atom. The highest BCUT2D eigenvalue weighted by Crippen LogP contribution is 2.21. The van der Waals surface area contributed by atoms with E-state index in [0.29, 0.717) is 19.4 Å². The summed E-state index contributed by atoms with van der Waals surface area (Å²) in [6.45, 7) is 3.62. The lowest BCUT2D eigenvalue weighted by molar-refractivity contribution is -0.120. The van der Waals surface area contributed by atoms with Gasteiger partial charge in [-0.05, 0) is 30.5 Å². The monoisotopic (exact) mass is 310 g/mol. The first kappa shape index (κ1) is 16.7. The van der Waals surface area contributed by atoms with Crippen molar-refractivity contribution in [1.29, 1.82) is 0 Å². The summed E-state index contributed by atoms with van der Waals surface area (Å²) in [4.78, 5) is 13.4. The highest BCUT2D eigenvalue weighted by Gasteiger charge is 2.25. The van der Waals surface area contributed by atoms with E-state index < -0.39 is 6.10 Å². The number of likely N-dealkylation sites (tertiary alicyclic amines) is 1. The average Bonchev–Trinajstić information content (AvgIpc) is 2.64. The minimum atomic E-state index is -0.531. The van der Waals surface area contributed by atoms with Crippen LogP contribution in [0.3, 0.4) is 0 Å². The molecule has 2 rings (SSSR count). The van der Waals surface area contributed by atoms with Crippen molar-refractivity contribution in [2.75, 3.05) is 20.2 Å². The fourth-order valence-corrected chi connectivity index (χ4v) is 2.79. The van der Waals surface area contributed by atoms with Crippen molar-refractivity contribution in [3.05, 3.63) is 29.6 Å². The second-order valence-corrected chi connectivity index (χ2v) is 5.70. The molecule has 1 heterocycles. The average molecular weight is 310 g/mol. The van der Waals surface area contributed by atoms with Crippen molar-refractivity contribution in [2.45, 2.75) is 38.5 Å². The number of amides is 1. The zero-order valence-electron chi connectivity index (χ0n) is 13.0. The smallest absolute Gasteiger partial charge is 0.217 e. The molecule has 1 fully saturated rings. The van der Waals surface area contributed by atoms with Crippen LogP contribution in [-0.2, 0) is 11.3 Å². The van der Waals surface area contributed by atoms with Gasteiger partial charge in [0.25, 0.3) is 0 Å². The molecule has 1 amide bonds. The maximum atomic E-state index is 13.4. The molecule has 1 aliphatic heterocycles. The Morgan fingerprint density at radius 1 is 1.45 bits per heavy atom. The molecule has 1 saturated heterocycles. The molecule has 2 atom stereocenters. The quantitative estimate of drug-likeness (QED) is 0.880. The number of carbonyl (C=O) groups excluding carboxylic acids is 1. The molecule has 6 heteroatoms. The molecule has 1 aliphatic rings. The highest BCUT2D eigenvalue weighted by molar-refractivity contribution is 5.73. The van der Waals surface area contributed by atoms with Crippen LogP contribution in [0.5, 0.6) is 5.75 Å². The zero-order chi connectivity index (χ0) is 16.1. The van der Waals surface area contributed by atoms with Crippen LogP contribution in [0.4, 0.5) is 4.39 Å². The SMILES string of the molecule is COc1cc(CN2CC[C@H](NC(C)=O)[C@@H](O)CC2)ccc1F. The number of halogens is 1. The topological polar surface area (TPSA) is 61.8 Å². The molecule has 2 N–H and O–H groups in total. The van der Waals surface area contributed by atoms with Gasteiger partial charge in [-0.25, -0.2) is 4.39 Å². The van der Waals surface area contributed by atoms with Crippen LogP contribution in [0, 0.1) is 5.82 Å². The van der Waals surface area contributed by atoms with Crippen LogP contribution in [0.2, 0.25) is 0 Å². The summed E-state index contributed by atoms with van der Waals surface area (Å²) in [5.41, 5.74) is 0.964. The number of nitrogens with zero attached hydrogens (tertiary/aromatic N) is 1. The van der Waals surface area contributed by atoms with Crippen LogP contribution in [-0.4, -0.2) is 48.3 Å². The summed E-state index contributed by atoms with van der Waals surface area (Å²) >= 11 is 0. The van der Waals surface area contributed by atoms with E-state index in [4.69, 9.17) is 4.74 Å². The molecular formula is C16H23FN2O3. The van der Waals surface area contributed by atoms with Gasteiger partial charge in [-0.3, -0.25) is 9.69 Å². The van der Waals surface area contributed by atoms with Crippen molar-refractivity contribution in [3.63, 3.8) is 0 Å². The summed E-state index contributed by atoms with van der Waals surface area (Å²) in [5.74, 6) is -0.257. The maximum absolute atomic E-state index is 13.4. The van der Waals surface area contributed by atoms with E-state index in [0.717, 1.165) is 18.7 Å². The molecule has 0 unspecified atom stereocenters. The number of hydrogen-bond donors (Lipinski definition) is 2. The molecule has 1 aromatic rings. The van der Waals surface area contributed by atoms with Gasteiger partial charge < -0.3 is 15.2 Å². The van der Waals surface area contributed by atoms with Gasteiger partial charge in [0.2, 0.25) is 5.91 Å². The number of ether oxygens (including phenoxy) is 1. The van der Waals surface area contributed by atoms with E-state index >= 15 is 0 Å². The van der Waals surface area contributed by atoms with Gasteiger partial charge in [0.1, 0.15) is 0 Å². The van der Waals surface area contributed by atoms with Crippen molar-refractivity contribution in [2.24, 2.45) is 0 Å². The van der Waals surface area contributed by atoms with E-state index in [9.17, 15) is 14.3 Å². The first-order valence-electron chi connectivity index (χ1n) is 7.49. The summed E-state index contributed by atoms with van der Waals surface area (Å²) < 4.78 is 18.4. The molecule has 0 bridgehead atoms. The lowest BCUT2D eigenvalue weighted by Gasteiger charge is -2.21. The van der Waals surface area contributed by atoms with E-state index in [1.54, 1.807) is 12.1 Å². The van der Waals surface area contributed by atoms with E-state index in [1.165, 1.54) is 20.1 Å². The first-order chi connectivity index (χ1) is 10.5. The lowest BCUT2D eigenvalue weighted by Crippen LogP contribution is -2.42. The molecule has 0 spiro atoms. The van der Waals surface area contributed by atoms with Crippen LogP contribution in [0.25, 0.3) is 0 Å². The number of methoxy groups -OCH3 is 1. The predicted molar refractivity (Wildman–Crippen MR) is 81.1 cm³/mol. The Balaban J connectivity index is 1.98. The van der Waals surface area contributed by atoms with Gasteiger partial charge >= 0.3 is 0 Å². The second-order valence-electron chi connectivity index (χ2n) is 5.70. The van der Waals surface area contributed by atoms with Crippen molar-refractivity contribution in [3.8, 4) is 5.75 Å². The summed E-state index contributed by atoms with van der Waals surface area (Å²) in [6.07, 6.45) is 0.763. The number of nitrogens with one attached hydrogen (secondary N) is 1. The zero-order valence-corrected chi connectivity index (χ0v) is 13.0. The predicted octanol–water partition coefficient (Wildman–Crippen LogP) is 1.30. The third kappa shape index (κ3) is 4.42. The van der Waals surface area contributed by atoms with Crippen LogP contribution >= 0.6 is 0 Å². The Kier molecular flexibility index (Phi) is 5.74. The van der Waals surface area contributed by atoms with Gasteiger partial charge in [-0.15, -0.1) is 0 Å². The normalized spacial score (nSPS) is 22.9. The molecule has 0 radical (unpaired) electrons. The standard InChI is InChI=1S/C16H23FN2O3/c1-11(20)18-14-5-7-19(8-6-15(14)21)10-12-3-4-13(17)16(9-12)22-2/h3-4,9,14-15,21H,5-8,10H2,1-2H3,(H,18,20)/t14-,15-/m0/s1. The number of rotatable bonds is 4. The third-order valence-electron chi connectivity index (χ3n) is 3.97. The summed E-state index contributed by atoms with van der Waals surface area (Å²) in [7, 11) is 1.45. The van der Waals surface area contributed by atoms with Gasteiger partial charge in [-0.1, -0.05) is 6.07 Å². The molecule has 0 saturated carbocycles. The van der Waals surface area contributed by atoms with Crippen molar-refractivity contribution < 1.29 is 19.0 Å². The van der Waals surface area contributed by atoms with Gasteiger partial charge in [-0.2, -0.15) is 0 Å². The molecule has 1 aromatic carbocycles. The summed E-state index contributed by atoms with van der Waals surface area (Å²) in [6, 6.07) is 4.64. The minimum absolute atomic E-state index is 0.124. The Morgan fingerprint density at radius 3 is 2.86 bits per heavy atom. The van der Waals surface area contributed by atoms with Crippen LogP contribution in [0.15, 0.2) is 18.2 Å².